The third kappa shape index (κ3) is 4.17. The first-order chi connectivity index (χ1) is 13.0. The van der Waals surface area contributed by atoms with Crippen LogP contribution in [-0.2, 0) is 6.54 Å². The molecule has 0 aliphatic carbocycles. The largest absolute Gasteiger partial charge is 0.497 e. The molecule has 3 rings (SSSR count). The van der Waals surface area contributed by atoms with Gasteiger partial charge >= 0.3 is 0 Å². The number of ether oxygens (including phenoxy) is 1. The number of aryl methyl sites for hydroxylation is 1. The fraction of sp³-hybridized carbons (Fsp3) is 0.238. The molecule has 140 valence electrons. The molecule has 6 heteroatoms. The number of nitrogens with one attached hydrogen (secondary N) is 1. The predicted octanol–water partition coefficient (Wildman–Crippen LogP) is 3.97. The van der Waals surface area contributed by atoms with Gasteiger partial charge < -0.3 is 19.5 Å². The van der Waals surface area contributed by atoms with Crippen LogP contribution in [0.3, 0.4) is 0 Å². The minimum atomic E-state index is -0.287. The van der Waals surface area contributed by atoms with E-state index < -0.39 is 0 Å². The van der Waals surface area contributed by atoms with Gasteiger partial charge in [-0.2, -0.15) is 0 Å². The van der Waals surface area contributed by atoms with E-state index >= 15 is 0 Å². The Kier molecular flexibility index (Phi) is 5.57. The highest BCUT2D eigenvalue weighted by Crippen LogP contribution is 2.30. The summed E-state index contributed by atoms with van der Waals surface area (Å²) in [5, 5.41) is 6.93. The third-order valence-electron chi connectivity index (χ3n) is 4.25. The van der Waals surface area contributed by atoms with Crippen molar-refractivity contribution in [3.8, 4) is 16.9 Å². The number of carbonyl (C=O) groups is 1. The molecule has 0 radical (unpaired) electrons. The summed E-state index contributed by atoms with van der Waals surface area (Å²) >= 11 is 0. The summed E-state index contributed by atoms with van der Waals surface area (Å²) in [6, 6.07) is 15.4. The van der Waals surface area contributed by atoms with Crippen LogP contribution in [0.2, 0.25) is 0 Å². The highest BCUT2D eigenvalue weighted by Gasteiger charge is 2.21. The van der Waals surface area contributed by atoms with E-state index in [1.165, 1.54) is 0 Å². The molecule has 1 amide bonds. The van der Waals surface area contributed by atoms with Crippen molar-refractivity contribution < 1.29 is 14.1 Å². The average molecular weight is 365 g/mol. The van der Waals surface area contributed by atoms with Gasteiger partial charge in [-0.1, -0.05) is 35.5 Å². The first-order valence-corrected chi connectivity index (χ1v) is 8.64. The van der Waals surface area contributed by atoms with Gasteiger partial charge in [-0.15, -0.1) is 0 Å². The first kappa shape index (κ1) is 18.7. The monoisotopic (exact) mass is 365 g/mol. The molecule has 0 bridgehead atoms. The molecule has 0 fully saturated rings. The number of benzene rings is 2. The van der Waals surface area contributed by atoms with E-state index in [2.05, 4.69) is 10.5 Å². The number of aromatic nitrogens is 1. The number of amides is 1. The van der Waals surface area contributed by atoms with Crippen molar-refractivity contribution in [3.05, 3.63) is 65.5 Å². The van der Waals surface area contributed by atoms with E-state index in [-0.39, 0.29) is 5.91 Å². The number of methoxy groups -OCH3 is 1. The molecule has 1 heterocycles. The van der Waals surface area contributed by atoms with Gasteiger partial charge in [0.1, 0.15) is 11.5 Å². The molecule has 0 spiro atoms. The Morgan fingerprint density at radius 3 is 2.52 bits per heavy atom. The molecule has 0 saturated carbocycles. The minimum absolute atomic E-state index is 0.287. The number of anilines is 1. The zero-order valence-corrected chi connectivity index (χ0v) is 15.9. The average Bonchev–Trinajstić information content (AvgIpc) is 3.02. The van der Waals surface area contributed by atoms with Crippen LogP contribution in [-0.4, -0.2) is 37.2 Å². The number of nitrogens with zero attached hydrogens (tertiary/aromatic N) is 2. The van der Waals surface area contributed by atoms with E-state index in [0.29, 0.717) is 23.7 Å². The Bertz CT molecular complexity index is 930. The van der Waals surface area contributed by atoms with Crippen LogP contribution in [0.5, 0.6) is 5.75 Å². The molecule has 0 atom stereocenters. The summed E-state index contributed by atoms with van der Waals surface area (Å²) in [6.07, 6.45) is 0. The molecule has 3 aromatic rings. The number of rotatable bonds is 6. The van der Waals surface area contributed by atoms with E-state index in [9.17, 15) is 4.79 Å². The summed E-state index contributed by atoms with van der Waals surface area (Å²) in [5.41, 5.74) is 3.72. The van der Waals surface area contributed by atoms with Gasteiger partial charge in [0.05, 0.1) is 7.11 Å². The normalized spacial score (nSPS) is 10.9. The predicted molar refractivity (Wildman–Crippen MR) is 105 cm³/mol. The van der Waals surface area contributed by atoms with Crippen molar-refractivity contribution in [1.29, 1.82) is 0 Å². The number of hydrogen-bond acceptors (Lipinski definition) is 5. The molecule has 1 aromatic heterocycles. The van der Waals surface area contributed by atoms with Gasteiger partial charge in [-0.3, -0.25) is 4.79 Å². The second-order valence-corrected chi connectivity index (χ2v) is 6.53. The topological polar surface area (TPSA) is 67.6 Å². The van der Waals surface area contributed by atoms with Crippen molar-refractivity contribution in [2.75, 3.05) is 26.5 Å². The Balaban J connectivity index is 1.89. The van der Waals surface area contributed by atoms with Crippen molar-refractivity contribution in [1.82, 2.24) is 10.1 Å². The van der Waals surface area contributed by atoms with Crippen LogP contribution in [0.4, 0.5) is 5.69 Å². The lowest BCUT2D eigenvalue weighted by Crippen LogP contribution is -2.18. The van der Waals surface area contributed by atoms with Gasteiger partial charge in [-0.05, 0) is 44.8 Å². The van der Waals surface area contributed by atoms with Crippen LogP contribution >= 0.6 is 0 Å². The Hall–Kier alpha value is -3.12. The number of hydrogen-bond donors (Lipinski definition) is 1. The minimum Gasteiger partial charge on any atom is -0.497 e. The van der Waals surface area contributed by atoms with Crippen LogP contribution < -0.4 is 10.1 Å². The van der Waals surface area contributed by atoms with Crippen molar-refractivity contribution in [2.24, 2.45) is 0 Å². The molecule has 6 nitrogen and oxygen atoms in total. The van der Waals surface area contributed by atoms with Crippen molar-refractivity contribution in [3.63, 3.8) is 0 Å². The zero-order valence-electron chi connectivity index (χ0n) is 15.9. The van der Waals surface area contributed by atoms with E-state index in [0.717, 1.165) is 22.4 Å². The molecular formula is C21H23N3O3. The molecule has 2 aromatic carbocycles. The molecule has 0 aliphatic rings. The van der Waals surface area contributed by atoms with Crippen LogP contribution in [0.15, 0.2) is 53.1 Å². The van der Waals surface area contributed by atoms with Crippen LogP contribution in [0, 0.1) is 6.92 Å². The quantitative estimate of drug-likeness (QED) is 0.716. The highest BCUT2D eigenvalue weighted by molar-refractivity contribution is 6.06. The molecule has 0 aliphatic heterocycles. The first-order valence-electron chi connectivity index (χ1n) is 8.64. The van der Waals surface area contributed by atoms with Gasteiger partial charge in [0, 0.05) is 23.4 Å². The lowest BCUT2D eigenvalue weighted by Gasteiger charge is -2.12. The maximum Gasteiger partial charge on any atom is 0.278 e. The van der Waals surface area contributed by atoms with E-state index in [4.69, 9.17) is 9.26 Å². The highest BCUT2D eigenvalue weighted by atomic mass is 16.5. The summed E-state index contributed by atoms with van der Waals surface area (Å²) in [4.78, 5) is 14.8. The van der Waals surface area contributed by atoms with E-state index in [1.807, 2.05) is 74.4 Å². The lowest BCUT2D eigenvalue weighted by atomic mass is 10.0. The van der Waals surface area contributed by atoms with Crippen LogP contribution in [0.25, 0.3) is 11.1 Å². The molecular weight excluding hydrogens is 342 g/mol. The van der Waals surface area contributed by atoms with Crippen molar-refractivity contribution >= 4 is 11.6 Å². The summed E-state index contributed by atoms with van der Waals surface area (Å²) in [6.45, 7) is 2.39. The van der Waals surface area contributed by atoms with E-state index in [1.54, 1.807) is 7.11 Å². The van der Waals surface area contributed by atoms with Gasteiger partial charge in [0.2, 0.25) is 0 Å². The SMILES string of the molecule is COc1ccc(-c2ccccc2NC(=O)c2noc(C)c2CN(C)C)cc1. The van der Waals surface area contributed by atoms with Gasteiger partial charge in [0.25, 0.3) is 5.91 Å². The van der Waals surface area contributed by atoms with Crippen LogP contribution in [0.1, 0.15) is 21.8 Å². The Morgan fingerprint density at radius 2 is 1.85 bits per heavy atom. The Labute approximate surface area is 158 Å². The molecule has 27 heavy (non-hydrogen) atoms. The molecule has 0 saturated heterocycles. The second kappa shape index (κ2) is 8.05. The smallest absolute Gasteiger partial charge is 0.278 e. The number of carbonyl (C=O) groups excluding carboxylic acids is 1. The van der Waals surface area contributed by atoms with Gasteiger partial charge in [0.15, 0.2) is 5.69 Å². The lowest BCUT2D eigenvalue weighted by molar-refractivity contribution is 0.101. The maximum absolute atomic E-state index is 12.8. The Morgan fingerprint density at radius 1 is 1.15 bits per heavy atom. The maximum atomic E-state index is 12.8. The third-order valence-corrected chi connectivity index (χ3v) is 4.25. The van der Waals surface area contributed by atoms with Gasteiger partial charge in [-0.25, -0.2) is 0 Å². The summed E-state index contributed by atoms with van der Waals surface area (Å²) < 4.78 is 10.5. The fourth-order valence-electron chi connectivity index (χ4n) is 2.87. The number of para-hydroxylation sites is 1. The zero-order chi connectivity index (χ0) is 19.4. The summed E-state index contributed by atoms with van der Waals surface area (Å²) in [5.74, 6) is 1.15. The fourth-order valence-corrected chi connectivity index (χ4v) is 2.87. The van der Waals surface area contributed by atoms with Crippen molar-refractivity contribution in [2.45, 2.75) is 13.5 Å². The standard InChI is InChI=1S/C21H23N3O3/c1-14-18(13-24(2)3)20(23-27-14)21(25)22-19-8-6-5-7-17(19)15-9-11-16(26-4)12-10-15/h5-12H,13H2,1-4H3,(H,22,25). The molecule has 0 unspecified atom stereocenters. The second-order valence-electron chi connectivity index (χ2n) is 6.53. The molecule has 1 N–H and O–H groups in total. The summed E-state index contributed by atoms with van der Waals surface area (Å²) in [7, 11) is 5.51.